The highest BCUT2D eigenvalue weighted by molar-refractivity contribution is 5.44. The van der Waals surface area contributed by atoms with Gasteiger partial charge in [-0.25, -0.2) is 0 Å². The lowest BCUT2D eigenvalue weighted by Crippen LogP contribution is -2.38. The minimum absolute atomic E-state index is 0.313. The molecule has 0 fully saturated rings. The summed E-state index contributed by atoms with van der Waals surface area (Å²) >= 11 is 0. The van der Waals surface area contributed by atoms with Crippen LogP contribution < -0.4 is 14.8 Å². The molecule has 0 aliphatic heterocycles. The Balaban J connectivity index is 1.94. The molecular formula is C20H28N2O2. The first kappa shape index (κ1) is 18.1. The van der Waals surface area contributed by atoms with Crippen LogP contribution in [0.2, 0.25) is 0 Å². The SMILES string of the molecule is CCC(Nc1ccccc1)N(C)CCc1ccc(OC)c(OC)c1. The van der Waals surface area contributed by atoms with Crippen LogP contribution >= 0.6 is 0 Å². The second-order valence-corrected chi connectivity index (χ2v) is 5.85. The van der Waals surface area contributed by atoms with Gasteiger partial charge in [-0.2, -0.15) is 0 Å². The Morgan fingerprint density at radius 3 is 2.33 bits per heavy atom. The van der Waals surface area contributed by atoms with E-state index in [1.54, 1.807) is 14.2 Å². The molecule has 0 amide bonds. The van der Waals surface area contributed by atoms with E-state index in [0.717, 1.165) is 36.6 Å². The summed E-state index contributed by atoms with van der Waals surface area (Å²) in [5.41, 5.74) is 2.40. The van der Waals surface area contributed by atoms with Gasteiger partial charge in [0.1, 0.15) is 0 Å². The molecule has 24 heavy (non-hydrogen) atoms. The first-order chi connectivity index (χ1) is 11.7. The third-order valence-electron chi connectivity index (χ3n) is 4.23. The Morgan fingerprint density at radius 1 is 1.00 bits per heavy atom. The fourth-order valence-corrected chi connectivity index (χ4v) is 2.75. The Morgan fingerprint density at radius 2 is 1.71 bits per heavy atom. The molecule has 130 valence electrons. The molecule has 4 heteroatoms. The first-order valence-corrected chi connectivity index (χ1v) is 8.40. The summed E-state index contributed by atoms with van der Waals surface area (Å²) in [6.07, 6.45) is 2.31. The second-order valence-electron chi connectivity index (χ2n) is 5.85. The molecule has 0 saturated heterocycles. The smallest absolute Gasteiger partial charge is 0.160 e. The van der Waals surface area contributed by atoms with Crippen molar-refractivity contribution in [1.82, 2.24) is 4.90 Å². The topological polar surface area (TPSA) is 33.7 Å². The van der Waals surface area contributed by atoms with Gasteiger partial charge in [0.15, 0.2) is 11.5 Å². The van der Waals surface area contributed by atoms with Crippen LogP contribution in [0.5, 0.6) is 11.5 Å². The minimum Gasteiger partial charge on any atom is -0.493 e. The summed E-state index contributed by atoms with van der Waals surface area (Å²) in [6, 6.07) is 16.5. The molecule has 0 aliphatic carbocycles. The normalized spacial score (nSPS) is 12.0. The molecule has 2 aromatic rings. The van der Waals surface area contributed by atoms with Crippen molar-refractivity contribution in [3.63, 3.8) is 0 Å². The van der Waals surface area contributed by atoms with Gasteiger partial charge >= 0.3 is 0 Å². The number of methoxy groups -OCH3 is 2. The second kappa shape index (κ2) is 9.18. The van der Waals surface area contributed by atoms with E-state index in [0.29, 0.717) is 6.17 Å². The van der Waals surface area contributed by atoms with Crippen LogP contribution in [0.3, 0.4) is 0 Å². The predicted molar refractivity (Wildman–Crippen MR) is 100 cm³/mol. The largest absolute Gasteiger partial charge is 0.493 e. The molecule has 4 nitrogen and oxygen atoms in total. The molecule has 1 atom stereocenters. The summed E-state index contributed by atoms with van der Waals surface area (Å²) in [5, 5.41) is 3.59. The lowest BCUT2D eigenvalue weighted by atomic mass is 10.1. The maximum Gasteiger partial charge on any atom is 0.160 e. The van der Waals surface area contributed by atoms with Gasteiger partial charge < -0.3 is 14.8 Å². The average molecular weight is 328 g/mol. The zero-order chi connectivity index (χ0) is 17.4. The van der Waals surface area contributed by atoms with Crippen molar-refractivity contribution >= 4 is 5.69 Å². The summed E-state index contributed by atoms with van der Waals surface area (Å²) in [5.74, 6) is 1.55. The molecule has 1 unspecified atom stereocenters. The molecule has 1 N–H and O–H groups in total. The quantitative estimate of drug-likeness (QED) is 0.705. The highest BCUT2D eigenvalue weighted by atomic mass is 16.5. The van der Waals surface area contributed by atoms with Crippen LogP contribution in [0, 0.1) is 0 Å². The van der Waals surface area contributed by atoms with Gasteiger partial charge in [0.05, 0.1) is 20.4 Å². The molecule has 0 aromatic heterocycles. The molecule has 2 rings (SSSR count). The average Bonchev–Trinajstić information content (AvgIpc) is 2.64. The van der Waals surface area contributed by atoms with E-state index in [2.05, 4.69) is 60.6 Å². The molecule has 0 bridgehead atoms. The van der Waals surface area contributed by atoms with Crippen LogP contribution in [-0.2, 0) is 6.42 Å². The number of ether oxygens (including phenoxy) is 2. The number of nitrogens with one attached hydrogen (secondary N) is 1. The summed E-state index contributed by atoms with van der Waals surface area (Å²) in [6.45, 7) is 3.17. The maximum atomic E-state index is 5.38. The van der Waals surface area contributed by atoms with Gasteiger partial charge in [0.2, 0.25) is 0 Å². The highest BCUT2D eigenvalue weighted by Gasteiger charge is 2.13. The van der Waals surface area contributed by atoms with Gasteiger partial charge in [-0.1, -0.05) is 31.2 Å². The van der Waals surface area contributed by atoms with Crippen molar-refractivity contribution in [3.8, 4) is 11.5 Å². The van der Waals surface area contributed by atoms with Crippen molar-refractivity contribution in [2.75, 3.05) is 33.1 Å². The van der Waals surface area contributed by atoms with E-state index in [-0.39, 0.29) is 0 Å². The summed E-state index contributed by atoms with van der Waals surface area (Å²) < 4.78 is 10.7. The number of hydrogen-bond acceptors (Lipinski definition) is 4. The Bertz CT molecular complexity index is 616. The fourth-order valence-electron chi connectivity index (χ4n) is 2.75. The zero-order valence-corrected chi connectivity index (χ0v) is 15.1. The van der Waals surface area contributed by atoms with Crippen LogP contribution in [-0.4, -0.2) is 38.9 Å². The molecule has 2 aromatic carbocycles. The molecule has 0 aliphatic rings. The minimum atomic E-state index is 0.313. The van der Waals surface area contributed by atoms with Crippen molar-refractivity contribution in [1.29, 1.82) is 0 Å². The van der Waals surface area contributed by atoms with Gasteiger partial charge in [-0.15, -0.1) is 0 Å². The van der Waals surface area contributed by atoms with Crippen LogP contribution in [0.15, 0.2) is 48.5 Å². The van der Waals surface area contributed by atoms with Gasteiger partial charge in [0, 0.05) is 12.2 Å². The molecular weight excluding hydrogens is 300 g/mol. The Labute approximate surface area is 145 Å². The van der Waals surface area contributed by atoms with E-state index in [1.165, 1.54) is 5.56 Å². The van der Waals surface area contributed by atoms with E-state index in [1.807, 2.05) is 12.1 Å². The van der Waals surface area contributed by atoms with E-state index in [9.17, 15) is 0 Å². The number of benzene rings is 2. The van der Waals surface area contributed by atoms with Gasteiger partial charge in [-0.05, 0) is 49.7 Å². The fraction of sp³-hybridized carbons (Fsp3) is 0.400. The van der Waals surface area contributed by atoms with Crippen molar-refractivity contribution in [3.05, 3.63) is 54.1 Å². The summed E-state index contributed by atoms with van der Waals surface area (Å²) in [4.78, 5) is 2.35. The first-order valence-electron chi connectivity index (χ1n) is 8.40. The number of hydrogen-bond donors (Lipinski definition) is 1. The van der Waals surface area contributed by atoms with E-state index >= 15 is 0 Å². The predicted octanol–water partition coefficient (Wildman–Crippen LogP) is 4.03. The lowest BCUT2D eigenvalue weighted by Gasteiger charge is -2.29. The van der Waals surface area contributed by atoms with Crippen LogP contribution in [0.25, 0.3) is 0 Å². The zero-order valence-electron chi connectivity index (χ0n) is 15.1. The van der Waals surface area contributed by atoms with Gasteiger partial charge in [-0.3, -0.25) is 4.90 Å². The monoisotopic (exact) mass is 328 g/mol. The maximum absolute atomic E-state index is 5.38. The molecule has 0 saturated carbocycles. The summed E-state index contributed by atoms with van der Waals surface area (Å²) in [7, 11) is 5.49. The Hall–Kier alpha value is -2.20. The standard InChI is InChI=1S/C20H28N2O2/c1-5-20(21-17-9-7-6-8-10-17)22(2)14-13-16-11-12-18(23-3)19(15-16)24-4/h6-12,15,20-21H,5,13-14H2,1-4H3. The van der Waals surface area contributed by atoms with E-state index in [4.69, 9.17) is 9.47 Å². The third-order valence-corrected chi connectivity index (χ3v) is 4.23. The molecule has 0 heterocycles. The Kier molecular flexibility index (Phi) is 6.94. The highest BCUT2D eigenvalue weighted by Crippen LogP contribution is 2.27. The molecule has 0 spiro atoms. The number of para-hydroxylation sites is 1. The lowest BCUT2D eigenvalue weighted by molar-refractivity contribution is 0.262. The number of anilines is 1. The van der Waals surface area contributed by atoms with Crippen LogP contribution in [0.4, 0.5) is 5.69 Å². The van der Waals surface area contributed by atoms with Crippen molar-refractivity contribution in [2.45, 2.75) is 25.9 Å². The van der Waals surface area contributed by atoms with E-state index < -0.39 is 0 Å². The number of rotatable bonds is 9. The number of nitrogens with zero attached hydrogens (tertiary/aromatic N) is 1. The van der Waals surface area contributed by atoms with Gasteiger partial charge in [0.25, 0.3) is 0 Å². The van der Waals surface area contributed by atoms with Crippen LogP contribution in [0.1, 0.15) is 18.9 Å². The molecule has 0 radical (unpaired) electrons. The number of likely N-dealkylation sites (N-methyl/N-ethyl adjacent to an activating group) is 1. The van der Waals surface area contributed by atoms with Crippen molar-refractivity contribution < 1.29 is 9.47 Å². The third kappa shape index (κ3) is 4.90. The van der Waals surface area contributed by atoms with Crippen molar-refractivity contribution in [2.24, 2.45) is 0 Å².